The predicted octanol–water partition coefficient (Wildman–Crippen LogP) is 12.4. The van der Waals surface area contributed by atoms with Crippen LogP contribution in [0, 0.1) is 0 Å². The van der Waals surface area contributed by atoms with Gasteiger partial charge in [-0.1, -0.05) is 203 Å². The number of aliphatic hydroxyl groups excluding tert-OH is 5. The molecule has 1 aliphatic rings. The van der Waals surface area contributed by atoms with Gasteiger partial charge < -0.3 is 45.1 Å². The number of rotatable bonds is 46. The summed E-state index contributed by atoms with van der Waals surface area (Å²) in [5.74, 6) is -1.23. The fourth-order valence-corrected chi connectivity index (χ4v) is 8.34. The van der Waals surface area contributed by atoms with E-state index in [4.69, 9.17) is 14.2 Å². The first kappa shape index (κ1) is 65.1. The van der Waals surface area contributed by atoms with Crippen LogP contribution in [0.4, 0.5) is 0 Å². The summed E-state index contributed by atoms with van der Waals surface area (Å²) < 4.78 is 17.5. The molecule has 70 heavy (non-hydrogen) atoms. The number of ether oxygens (including phenoxy) is 3. The highest BCUT2D eigenvalue weighted by molar-refractivity contribution is 5.80. The lowest BCUT2D eigenvalue weighted by atomic mass is 9.99. The number of hydrogen-bond acceptors (Lipinski definition) is 10. The third-order valence-electron chi connectivity index (χ3n) is 12.8. The highest BCUT2D eigenvalue weighted by Gasteiger charge is 2.47. The summed E-state index contributed by atoms with van der Waals surface area (Å²) in [6.07, 6.45) is 48.0. The smallest absolute Gasteiger partial charge is 0.306 e. The zero-order valence-electron chi connectivity index (χ0n) is 44.4. The SMILES string of the molecule is CC/C=C/C/C=C/C/C=C/CCCCCC(O)C(=O)NC(COC1OC(CO)C(O)C(O)C1OC(=O)CCCCCCCCC/C=C\C/C=C\CCCCC)C(O)/C=C/CCCCCCCCCCC. The van der Waals surface area contributed by atoms with Crippen molar-refractivity contribution in [3.8, 4) is 0 Å². The van der Waals surface area contributed by atoms with Gasteiger partial charge in [-0.3, -0.25) is 9.59 Å². The Morgan fingerprint density at radius 1 is 0.571 bits per heavy atom. The molecule has 1 heterocycles. The van der Waals surface area contributed by atoms with Gasteiger partial charge in [0.2, 0.25) is 5.91 Å². The summed E-state index contributed by atoms with van der Waals surface area (Å²) in [4.78, 5) is 26.4. The van der Waals surface area contributed by atoms with Crippen molar-refractivity contribution in [3.05, 3.63) is 72.9 Å². The van der Waals surface area contributed by atoms with Crippen molar-refractivity contribution in [1.29, 1.82) is 0 Å². The van der Waals surface area contributed by atoms with Gasteiger partial charge in [-0.25, -0.2) is 0 Å². The van der Waals surface area contributed by atoms with Crippen molar-refractivity contribution >= 4 is 11.9 Å². The van der Waals surface area contributed by atoms with Crippen molar-refractivity contribution in [1.82, 2.24) is 5.32 Å². The standard InChI is InChI=1S/C59H103NO10/c1-4-7-10-13-16-19-22-24-25-26-27-29-32-35-38-41-44-47-54(64)70-57-56(66)55(65)53(48-61)69-59(57)68-49-50(51(62)45-42-39-36-33-30-21-18-15-12-9-6-3)60-58(67)52(63)46-43-40-37-34-31-28-23-20-17-14-11-8-5-2/h8,11,16-17,19-20,24-25,28,31,42,45,50-53,55-57,59,61-63,65-66H,4-7,9-10,12-15,18,21-23,26-27,29-30,32-41,43-44,46-49H2,1-3H3,(H,60,67)/b11-8+,19-16-,20-17+,25-24-,31-28+,45-42+. The quantitative estimate of drug-likeness (QED) is 0.0196. The lowest BCUT2D eigenvalue weighted by molar-refractivity contribution is -0.305. The highest BCUT2D eigenvalue weighted by Crippen LogP contribution is 2.26. The average Bonchev–Trinajstić information content (AvgIpc) is 3.36. The highest BCUT2D eigenvalue weighted by atomic mass is 16.7. The number of amides is 1. The Kier molecular flexibility index (Phi) is 43.8. The monoisotopic (exact) mass is 986 g/mol. The molecule has 0 bridgehead atoms. The number of esters is 1. The molecule has 0 aromatic carbocycles. The largest absolute Gasteiger partial charge is 0.454 e. The maximum atomic E-state index is 13.3. The molecule has 1 fully saturated rings. The van der Waals surface area contributed by atoms with Crippen LogP contribution in [0.25, 0.3) is 0 Å². The van der Waals surface area contributed by atoms with Gasteiger partial charge in [0, 0.05) is 6.42 Å². The van der Waals surface area contributed by atoms with Crippen molar-refractivity contribution in [2.45, 2.75) is 275 Å². The van der Waals surface area contributed by atoms with Crippen LogP contribution in [0.2, 0.25) is 0 Å². The molecule has 0 aliphatic carbocycles. The van der Waals surface area contributed by atoms with Gasteiger partial charge in [0.1, 0.15) is 24.4 Å². The number of unbranched alkanes of at least 4 members (excludes halogenated alkanes) is 22. The van der Waals surface area contributed by atoms with Crippen LogP contribution in [-0.2, 0) is 23.8 Å². The Balaban J connectivity index is 2.74. The Morgan fingerprint density at radius 3 is 1.57 bits per heavy atom. The van der Waals surface area contributed by atoms with Gasteiger partial charge in [0.25, 0.3) is 0 Å². The summed E-state index contributed by atoms with van der Waals surface area (Å²) in [5, 5.41) is 56.7. The van der Waals surface area contributed by atoms with Gasteiger partial charge in [0.05, 0.1) is 25.4 Å². The van der Waals surface area contributed by atoms with Gasteiger partial charge in [0.15, 0.2) is 12.4 Å². The first-order chi connectivity index (χ1) is 34.2. The van der Waals surface area contributed by atoms with Gasteiger partial charge in [-0.2, -0.15) is 0 Å². The molecule has 0 aromatic rings. The van der Waals surface area contributed by atoms with Crippen LogP contribution in [0.5, 0.6) is 0 Å². The minimum atomic E-state index is -1.62. The molecule has 1 aliphatic heterocycles. The molecule has 1 saturated heterocycles. The van der Waals surface area contributed by atoms with Crippen molar-refractivity contribution < 1.29 is 49.3 Å². The van der Waals surface area contributed by atoms with Crippen LogP contribution in [-0.4, -0.2) is 99.6 Å². The van der Waals surface area contributed by atoms with Crippen LogP contribution in [0.15, 0.2) is 72.9 Å². The molecule has 11 heteroatoms. The number of nitrogens with one attached hydrogen (secondary N) is 1. The van der Waals surface area contributed by atoms with E-state index in [2.05, 4.69) is 86.8 Å². The molecular weight excluding hydrogens is 883 g/mol. The summed E-state index contributed by atoms with van der Waals surface area (Å²) >= 11 is 0. The van der Waals surface area contributed by atoms with E-state index in [9.17, 15) is 35.1 Å². The van der Waals surface area contributed by atoms with Crippen molar-refractivity contribution in [2.24, 2.45) is 0 Å². The van der Waals surface area contributed by atoms with Crippen molar-refractivity contribution in [2.75, 3.05) is 13.2 Å². The topological polar surface area (TPSA) is 175 Å². The molecule has 0 spiro atoms. The van der Waals surface area contributed by atoms with E-state index in [-0.39, 0.29) is 19.4 Å². The second-order valence-corrected chi connectivity index (χ2v) is 19.3. The van der Waals surface area contributed by atoms with Crippen LogP contribution in [0.3, 0.4) is 0 Å². The van der Waals surface area contributed by atoms with E-state index >= 15 is 0 Å². The van der Waals surface area contributed by atoms with E-state index < -0.39 is 67.4 Å². The lowest BCUT2D eigenvalue weighted by Crippen LogP contribution is -2.61. The fraction of sp³-hybridized carbons (Fsp3) is 0.763. The number of allylic oxidation sites excluding steroid dienone is 11. The van der Waals surface area contributed by atoms with E-state index in [0.717, 1.165) is 103 Å². The van der Waals surface area contributed by atoms with E-state index in [1.807, 2.05) is 6.08 Å². The molecule has 11 nitrogen and oxygen atoms in total. The van der Waals surface area contributed by atoms with E-state index in [0.29, 0.717) is 12.8 Å². The molecule has 0 aromatic heterocycles. The third kappa shape index (κ3) is 35.3. The van der Waals surface area contributed by atoms with Crippen molar-refractivity contribution in [3.63, 3.8) is 0 Å². The van der Waals surface area contributed by atoms with Gasteiger partial charge in [-0.05, 0) is 89.9 Å². The maximum absolute atomic E-state index is 13.3. The average molecular weight is 986 g/mol. The van der Waals surface area contributed by atoms with Gasteiger partial charge in [-0.15, -0.1) is 0 Å². The summed E-state index contributed by atoms with van der Waals surface area (Å²) in [5.41, 5.74) is 0. The minimum absolute atomic E-state index is 0.109. The molecular formula is C59H103NO10. The Labute approximate surface area is 426 Å². The molecule has 8 unspecified atom stereocenters. The molecule has 1 rings (SSSR count). The Bertz CT molecular complexity index is 1410. The summed E-state index contributed by atoms with van der Waals surface area (Å²) in [7, 11) is 0. The lowest BCUT2D eigenvalue weighted by Gasteiger charge is -2.41. The number of carbonyl (C=O) groups excluding carboxylic acids is 2. The molecule has 1 amide bonds. The van der Waals surface area contributed by atoms with Crippen LogP contribution < -0.4 is 5.32 Å². The summed E-state index contributed by atoms with van der Waals surface area (Å²) in [6.45, 7) is 5.60. The zero-order valence-corrected chi connectivity index (χ0v) is 44.4. The second-order valence-electron chi connectivity index (χ2n) is 19.3. The molecule has 404 valence electrons. The Morgan fingerprint density at radius 2 is 1.03 bits per heavy atom. The predicted molar refractivity (Wildman–Crippen MR) is 287 cm³/mol. The van der Waals surface area contributed by atoms with Gasteiger partial charge >= 0.3 is 5.97 Å². The second kappa shape index (κ2) is 47.1. The zero-order chi connectivity index (χ0) is 51.1. The first-order valence-corrected chi connectivity index (χ1v) is 28.2. The number of aliphatic hydroxyl groups is 5. The third-order valence-corrected chi connectivity index (χ3v) is 12.8. The molecule has 6 N–H and O–H groups in total. The molecule has 0 radical (unpaired) electrons. The normalized spacial score (nSPS) is 20.3. The van der Waals surface area contributed by atoms with Crippen LogP contribution in [0.1, 0.15) is 226 Å². The maximum Gasteiger partial charge on any atom is 0.306 e. The fourth-order valence-electron chi connectivity index (χ4n) is 8.34. The summed E-state index contributed by atoms with van der Waals surface area (Å²) in [6, 6.07) is -1.04. The number of hydrogen-bond donors (Lipinski definition) is 6. The first-order valence-electron chi connectivity index (χ1n) is 28.2. The minimum Gasteiger partial charge on any atom is -0.454 e. The number of carbonyl (C=O) groups is 2. The van der Waals surface area contributed by atoms with E-state index in [1.165, 1.54) is 77.0 Å². The van der Waals surface area contributed by atoms with E-state index in [1.54, 1.807) is 6.08 Å². The molecule has 0 saturated carbocycles. The molecule has 8 atom stereocenters. The van der Waals surface area contributed by atoms with Crippen LogP contribution >= 0.6 is 0 Å². The Hall–Kier alpha value is -2.90.